The Bertz CT molecular complexity index is 725. The summed E-state index contributed by atoms with van der Waals surface area (Å²) in [5.41, 5.74) is 0.227. The number of benzene rings is 1. The molecule has 1 saturated heterocycles. The molecule has 1 aliphatic heterocycles. The van der Waals surface area contributed by atoms with Gasteiger partial charge in [0.2, 0.25) is 5.75 Å². The van der Waals surface area contributed by atoms with Gasteiger partial charge in [-0.15, -0.1) is 0 Å². The van der Waals surface area contributed by atoms with Crippen molar-refractivity contribution in [2.75, 3.05) is 41.0 Å². The van der Waals surface area contributed by atoms with Crippen LogP contribution in [0.25, 0.3) is 0 Å². The molecule has 1 aromatic rings. The molecular weight excluding hydrogens is 380 g/mol. The van der Waals surface area contributed by atoms with Crippen LogP contribution in [0.2, 0.25) is 0 Å². The Balaban J connectivity index is 1.88. The van der Waals surface area contributed by atoms with E-state index in [1.807, 2.05) is 6.92 Å². The van der Waals surface area contributed by atoms with Crippen LogP contribution in [0.3, 0.4) is 0 Å². The number of likely N-dealkylation sites (tertiary alicyclic amines) is 1. The Morgan fingerprint density at radius 1 is 1.07 bits per heavy atom. The zero-order valence-corrected chi connectivity index (χ0v) is 17.3. The third-order valence-corrected chi connectivity index (χ3v) is 4.80. The van der Waals surface area contributed by atoms with Crippen LogP contribution in [0, 0.1) is 0 Å². The second-order valence-electron chi connectivity index (χ2n) is 6.69. The smallest absolute Gasteiger partial charge is 0.325 e. The molecule has 1 heterocycles. The van der Waals surface area contributed by atoms with Crippen molar-refractivity contribution in [3.05, 3.63) is 17.7 Å². The van der Waals surface area contributed by atoms with Gasteiger partial charge < -0.3 is 29.2 Å². The van der Waals surface area contributed by atoms with Crippen LogP contribution < -0.4 is 19.5 Å². The summed E-state index contributed by atoms with van der Waals surface area (Å²) in [5.74, 6) is -0.430. The number of rotatable bonds is 8. The van der Waals surface area contributed by atoms with Crippen LogP contribution in [-0.4, -0.2) is 69.8 Å². The maximum absolute atomic E-state index is 12.4. The van der Waals surface area contributed by atoms with E-state index in [0.29, 0.717) is 23.8 Å². The Kier molecular flexibility index (Phi) is 8.11. The lowest BCUT2D eigenvalue weighted by Crippen LogP contribution is -2.44. The highest BCUT2D eigenvalue weighted by Gasteiger charge is 2.24. The predicted octanol–water partition coefficient (Wildman–Crippen LogP) is 1.39. The van der Waals surface area contributed by atoms with Gasteiger partial charge in [-0.3, -0.25) is 14.4 Å². The fraction of sp³-hybridized carbons (Fsp3) is 0.550. The normalized spacial score (nSPS) is 16.0. The van der Waals surface area contributed by atoms with E-state index in [1.165, 1.54) is 33.5 Å². The first-order valence-corrected chi connectivity index (χ1v) is 9.44. The van der Waals surface area contributed by atoms with E-state index < -0.39 is 11.9 Å². The highest BCUT2D eigenvalue weighted by atomic mass is 16.5. The van der Waals surface area contributed by atoms with E-state index in [2.05, 4.69) is 5.32 Å². The zero-order chi connectivity index (χ0) is 21.4. The number of hydrogen-bond acceptors (Lipinski definition) is 7. The van der Waals surface area contributed by atoms with Gasteiger partial charge in [-0.1, -0.05) is 0 Å². The molecule has 0 aliphatic carbocycles. The lowest BCUT2D eigenvalue weighted by molar-refractivity contribution is -0.152. The van der Waals surface area contributed by atoms with Crippen LogP contribution in [0.1, 0.15) is 36.5 Å². The average molecular weight is 408 g/mol. The van der Waals surface area contributed by atoms with E-state index in [4.69, 9.17) is 18.9 Å². The van der Waals surface area contributed by atoms with Crippen LogP contribution >= 0.6 is 0 Å². The number of ether oxygens (including phenoxy) is 4. The van der Waals surface area contributed by atoms with Gasteiger partial charge in [-0.2, -0.15) is 0 Å². The van der Waals surface area contributed by atoms with Gasteiger partial charge in [0.1, 0.15) is 6.54 Å². The van der Waals surface area contributed by atoms with Gasteiger partial charge in [0.05, 0.1) is 21.3 Å². The molecule has 2 amide bonds. The standard InChI is InChI=1S/C20H28N2O7/c1-13-7-5-6-8-22(13)17(23)12-29-18(24)11-21-20(25)14-9-15(26-2)19(28-4)16(10-14)27-3/h9-10,13H,5-8,11-12H2,1-4H3,(H,21,25)/t13-/m0/s1. The molecule has 0 unspecified atom stereocenters. The minimum atomic E-state index is -0.691. The summed E-state index contributed by atoms with van der Waals surface area (Å²) in [4.78, 5) is 38.2. The molecule has 160 valence electrons. The Hall–Kier alpha value is -2.97. The first-order valence-electron chi connectivity index (χ1n) is 9.44. The summed E-state index contributed by atoms with van der Waals surface area (Å²) < 4.78 is 20.6. The number of carbonyl (C=O) groups excluding carboxylic acids is 3. The number of nitrogens with zero attached hydrogens (tertiary/aromatic N) is 1. The first kappa shape index (κ1) is 22.3. The Morgan fingerprint density at radius 2 is 1.72 bits per heavy atom. The molecule has 1 N–H and O–H groups in total. The zero-order valence-electron chi connectivity index (χ0n) is 17.3. The monoisotopic (exact) mass is 408 g/mol. The molecule has 1 atom stereocenters. The van der Waals surface area contributed by atoms with E-state index in [9.17, 15) is 14.4 Å². The summed E-state index contributed by atoms with van der Waals surface area (Å²) in [6, 6.07) is 3.10. The third kappa shape index (κ3) is 5.75. The fourth-order valence-corrected chi connectivity index (χ4v) is 3.21. The van der Waals surface area contributed by atoms with E-state index >= 15 is 0 Å². The summed E-state index contributed by atoms with van der Waals surface area (Å²) in [6.07, 6.45) is 3.00. The number of methoxy groups -OCH3 is 3. The van der Waals surface area contributed by atoms with Crippen molar-refractivity contribution in [2.24, 2.45) is 0 Å². The molecule has 9 heteroatoms. The second-order valence-corrected chi connectivity index (χ2v) is 6.69. The molecule has 1 aliphatic rings. The molecule has 1 aromatic carbocycles. The molecule has 29 heavy (non-hydrogen) atoms. The van der Waals surface area contributed by atoms with Crippen LogP contribution in [0.5, 0.6) is 17.2 Å². The van der Waals surface area contributed by atoms with Crippen molar-refractivity contribution in [1.82, 2.24) is 10.2 Å². The molecule has 1 fully saturated rings. The van der Waals surface area contributed by atoms with Gasteiger partial charge in [-0.05, 0) is 38.3 Å². The van der Waals surface area contributed by atoms with Gasteiger partial charge in [0.25, 0.3) is 11.8 Å². The molecule has 0 saturated carbocycles. The van der Waals surface area contributed by atoms with E-state index in [0.717, 1.165) is 19.3 Å². The van der Waals surface area contributed by atoms with E-state index in [-0.39, 0.29) is 30.7 Å². The van der Waals surface area contributed by atoms with Crippen molar-refractivity contribution in [1.29, 1.82) is 0 Å². The minimum absolute atomic E-state index is 0.148. The van der Waals surface area contributed by atoms with Crippen molar-refractivity contribution < 1.29 is 33.3 Å². The maximum atomic E-state index is 12.4. The highest BCUT2D eigenvalue weighted by molar-refractivity contribution is 5.97. The summed E-state index contributed by atoms with van der Waals surface area (Å²) in [7, 11) is 4.34. The van der Waals surface area contributed by atoms with Crippen molar-refractivity contribution in [3.63, 3.8) is 0 Å². The van der Waals surface area contributed by atoms with Crippen molar-refractivity contribution in [3.8, 4) is 17.2 Å². The van der Waals surface area contributed by atoms with Crippen LogP contribution in [0.15, 0.2) is 12.1 Å². The molecular formula is C20H28N2O7. The number of amides is 2. The molecule has 0 spiro atoms. The Morgan fingerprint density at radius 3 is 2.28 bits per heavy atom. The van der Waals surface area contributed by atoms with Gasteiger partial charge >= 0.3 is 5.97 Å². The number of carbonyl (C=O) groups is 3. The number of esters is 1. The summed E-state index contributed by atoms with van der Waals surface area (Å²) in [6.45, 7) is 1.97. The third-order valence-electron chi connectivity index (χ3n) is 4.80. The topological polar surface area (TPSA) is 103 Å². The van der Waals surface area contributed by atoms with Crippen molar-refractivity contribution >= 4 is 17.8 Å². The molecule has 2 rings (SSSR count). The maximum Gasteiger partial charge on any atom is 0.325 e. The highest BCUT2D eigenvalue weighted by Crippen LogP contribution is 2.38. The molecule has 9 nitrogen and oxygen atoms in total. The molecule has 0 radical (unpaired) electrons. The summed E-state index contributed by atoms with van der Waals surface area (Å²) >= 11 is 0. The van der Waals surface area contributed by atoms with Crippen molar-refractivity contribution in [2.45, 2.75) is 32.2 Å². The van der Waals surface area contributed by atoms with Crippen LogP contribution in [0.4, 0.5) is 0 Å². The second kappa shape index (κ2) is 10.5. The van der Waals surface area contributed by atoms with Crippen LogP contribution in [-0.2, 0) is 14.3 Å². The number of nitrogens with one attached hydrogen (secondary N) is 1. The first-order chi connectivity index (χ1) is 13.9. The lowest BCUT2D eigenvalue weighted by atomic mass is 10.0. The Labute approximate surface area is 170 Å². The summed E-state index contributed by atoms with van der Waals surface area (Å²) in [5, 5.41) is 2.46. The van der Waals surface area contributed by atoms with Gasteiger partial charge in [0.15, 0.2) is 18.1 Å². The minimum Gasteiger partial charge on any atom is -0.493 e. The SMILES string of the molecule is COc1cc(C(=O)NCC(=O)OCC(=O)N2CCCC[C@@H]2C)cc(OC)c1OC. The lowest BCUT2D eigenvalue weighted by Gasteiger charge is -2.33. The quantitative estimate of drug-likeness (QED) is 0.648. The number of piperidine rings is 1. The molecule has 0 bridgehead atoms. The van der Waals surface area contributed by atoms with Gasteiger partial charge in [0, 0.05) is 18.2 Å². The van der Waals surface area contributed by atoms with E-state index in [1.54, 1.807) is 4.90 Å². The van der Waals surface area contributed by atoms with Gasteiger partial charge in [-0.25, -0.2) is 0 Å². The predicted molar refractivity (Wildman–Crippen MR) is 104 cm³/mol. The average Bonchev–Trinajstić information content (AvgIpc) is 2.74. The largest absolute Gasteiger partial charge is 0.493 e. The fourth-order valence-electron chi connectivity index (χ4n) is 3.21. The number of hydrogen-bond donors (Lipinski definition) is 1. The molecule has 0 aromatic heterocycles.